The third-order valence-corrected chi connectivity index (χ3v) is 2.78. The van der Waals surface area contributed by atoms with E-state index in [1.807, 2.05) is 48.5 Å². The van der Waals surface area contributed by atoms with Crippen molar-refractivity contribution in [1.82, 2.24) is 0 Å². The van der Waals surface area contributed by atoms with E-state index < -0.39 is 0 Å². The molecule has 0 radical (unpaired) electrons. The summed E-state index contributed by atoms with van der Waals surface area (Å²) in [7, 11) is 3.01. The van der Waals surface area contributed by atoms with Crippen molar-refractivity contribution >= 4 is 6.21 Å². The molecule has 104 valence electrons. The van der Waals surface area contributed by atoms with E-state index >= 15 is 0 Å². The minimum atomic E-state index is 0.421. The van der Waals surface area contributed by atoms with Gasteiger partial charge in [-0.2, -0.15) is 0 Å². The third-order valence-electron chi connectivity index (χ3n) is 2.78. The van der Waals surface area contributed by atoms with Crippen LogP contribution in [0.3, 0.4) is 0 Å². The van der Waals surface area contributed by atoms with Gasteiger partial charge in [-0.3, -0.25) is 0 Å². The molecule has 0 spiro atoms. The number of ether oxygens (including phenoxy) is 2. The molecule has 0 atom stereocenters. The van der Waals surface area contributed by atoms with Crippen LogP contribution in [0.25, 0.3) is 0 Å². The minimum absolute atomic E-state index is 0.421. The highest BCUT2D eigenvalue weighted by molar-refractivity contribution is 5.81. The van der Waals surface area contributed by atoms with Crippen LogP contribution in [0.1, 0.15) is 11.1 Å². The maximum Gasteiger partial charge on any atom is 0.185 e. The quantitative estimate of drug-likeness (QED) is 0.363. The SMILES string of the molecule is COc1cccc(/C=[N+](/C)[O-])c1OCc1ccccc1. The fourth-order valence-corrected chi connectivity index (χ4v) is 1.88. The zero-order valence-corrected chi connectivity index (χ0v) is 11.6. The van der Waals surface area contributed by atoms with Crippen LogP contribution in [0.15, 0.2) is 48.5 Å². The molecule has 2 rings (SSSR count). The van der Waals surface area contributed by atoms with Gasteiger partial charge in [-0.15, -0.1) is 0 Å². The van der Waals surface area contributed by atoms with Crippen LogP contribution < -0.4 is 9.47 Å². The molecule has 4 nitrogen and oxygen atoms in total. The van der Waals surface area contributed by atoms with Gasteiger partial charge in [0.15, 0.2) is 17.7 Å². The Morgan fingerprint density at radius 1 is 1.10 bits per heavy atom. The van der Waals surface area contributed by atoms with Crippen molar-refractivity contribution in [2.24, 2.45) is 0 Å². The summed E-state index contributed by atoms with van der Waals surface area (Å²) in [5.41, 5.74) is 1.75. The smallest absolute Gasteiger partial charge is 0.185 e. The fourth-order valence-electron chi connectivity index (χ4n) is 1.88. The van der Waals surface area contributed by atoms with Crippen molar-refractivity contribution in [3.8, 4) is 11.5 Å². The molecule has 0 amide bonds. The van der Waals surface area contributed by atoms with Crippen LogP contribution in [0.4, 0.5) is 0 Å². The Kier molecular flexibility index (Phi) is 4.60. The Morgan fingerprint density at radius 3 is 2.50 bits per heavy atom. The number of hydrogen-bond donors (Lipinski definition) is 0. The average Bonchev–Trinajstić information content (AvgIpc) is 2.46. The van der Waals surface area contributed by atoms with E-state index in [9.17, 15) is 5.21 Å². The van der Waals surface area contributed by atoms with Gasteiger partial charge < -0.3 is 14.7 Å². The summed E-state index contributed by atoms with van der Waals surface area (Å²) in [5.74, 6) is 1.18. The molecule has 0 saturated heterocycles. The van der Waals surface area contributed by atoms with E-state index in [1.54, 1.807) is 7.11 Å². The second-order valence-corrected chi connectivity index (χ2v) is 4.33. The molecule has 0 bridgehead atoms. The first-order valence-electron chi connectivity index (χ1n) is 6.29. The number of methoxy groups -OCH3 is 1. The highest BCUT2D eigenvalue weighted by Gasteiger charge is 2.11. The van der Waals surface area contributed by atoms with Gasteiger partial charge in [-0.05, 0) is 17.7 Å². The molecule has 0 N–H and O–H groups in total. The van der Waals surface area contributed by atoms with E-state index in [2.05, 4.69) is 0 Å². The molecule has 2 aromatic rings. The van der Waals surface area contributed by atoms with E-state index in [4.69, 9.17) is 9.47 Å². The normalized spacial score (nSPS) is 11.2. The average molecular weight is 271 g/mol. The van der Waals surface area contributed by atoms with E-state index in [1.165, 1.54) is 13.3 Å². The molecule has 2 aromatic carbocycles. The molecule has 0 unspecified atom stereocenters. The van der Waals surface area contributed by atoms with Gasteiger partial charge in [0.05, 0.1) is 12.7 Å². The molecule has 0 aliphatic carbocycles. The van der Waals surface area contributed by atoms with E-state index in [0.717, 1.165) is 10.3 Å². The number of para-hydroxylation sites is 1. The number of nitrogens with zero attached hydrogens (tertiary/aromatic N) is 1. The van der Waals surface area contributed by atoms with Crippen molar-refractivity contribution in [2.75, 3.05) is 14.2 Å². The third kappa shape index (κ3) is 3.51. The van der Waals surface area contributed by atoms with E-state index in [0.29, 0.717) is 23.7 Å². The molecule has 20 heavy (non-hydrogen) atoms. The topological polar surface area (TPSA) is 44.5 Å². The lowest BCUT2D eigenvalue weighted by atomic mass is 10.2. The molecule has 4 heteroatoms. The number of rotatable bonds is 5. The van der Waals surface area contributed by atoms with E-state index in [-0.39, 0.29) is 0 Å². The fraction of sp³-hybridized carbons (Fsp3) is 0.188. The summed E-state index contributed by atoms with van der Waals surface area (Å²) in [4.78, 5) is 0. The molecular weight excluding hydrogens is 254 g/mol. The standard InChI is InChI=1S/C16H17NO3/c1-17(18)11-14-9-6-10-15(19-2)16(14)20-12-13-7-4-3-5-8-13/h3-11H,12H2,1-2H3/b17-11-. The van der Waals surface area contributed by atoms with Crippen LogP contribution in [0.2, 0.25) is 0 Å². The molecular formula is C16H17NO3. The largest absolute Gasteiger partial charge is 0.624 e. The van der Waals surface area contributed by atoms with Crippen molar-refractivity contribution < 1.29 is 14.2 Å². The van der Waals surface area contributed by atoms with Crippen LogP contribution in [0, 0.1) is 5.21 Å². The molecule has 0 aliphatic heterocycles. The first kappa shape index (κ1) is 13.9. The Bertz CT molecular complexity index is 590. The zero-order chi connectivity index (χ0) is 14.4. The van der Waals surface area contributed by atoms with Gasteiger partial charge in [0, 0.05) is 0 Å². The van der Waals surface area contributed by atoms with Crippen LogP contribution in [-0.4, -0.2) is 25.1 Å². The highest BCUT2D eigenvalue weighted by atomic mass is 16.5. The van der Waals surface area contributed by atoms with Gasteiger partial charge in [-0.1, -0.05) is 36.4 Å². The maximum absolute atomic E-state index is 11.2. The van der Waals surface area contributed by atoms with Gasteiger partial charge in [-0.25, -0.2) is 4.74 Å². The van der Waals surface area contributed by atoms with Crippen molar-refractivity contribution in [3.63, 3.8) is 0 Å². The van der Waals surface area contributed by atoms with Crippen molar-refractivity contribution in [1.29, 1.82) is 0 Å². The summed E-state index contributed by atoms with van der Waals surface area (Å²) >= 11 is 0. The van der Waals surface area contributed by atoms with Crippen LogP contribution in [-0.2, 0) is 6.61 Å². The van der Waals surface area contributed by atoms with Crippen molar-refractivity contribution in [2.45, 2.75) is 6.61 Å². The van der Waals surface area contributed by atoms with Gasteiger partial charge >= 0.3 is 0 Å². The second kappa shape index (κ2) is 6.61. The van der Waals surface area contributed by atoms with Crippen LogP contribution in [0.5, 0.6) is 11.5 Å². The Morgan fingerprint density at radius 2 is 1.85 bits per heavy atom. The highest BCUT2D eigenvalue weighted by Crippen LogP contribution is 2.30. The molecule has 0 fully saturated rings. The Hall–Kier alpha value is -2.49. The predicted octanol–water partition coefficient (Wildman–Crippen LogP) is 2.83. The Labute approximate surface area is 118 Å². The summed E-state index contributed by atoms with van der Waals surface area (Å²) in [6.45, 7) is 0.421. The monoisotopic (exact) mass is 271 g/mol. The van der Waals surface area contributed by atoms with Gasteiger partial charge in [0.25, 0.3) is 0 Å². The summed E-state index contributed by atoms with van der Waals surface area (Å²) in [5, 5.41) is 11.2. The van der Waals surface area contributed by atoms with Crippen molar-refractivity contribution in [3.05, 3.63) is 64.9 Å². The molecule has 0 saturated carbocycles. The van der Waals surface area contributed by atoms with Gasteiger partial charge in [0.1, 0.15) is 13.7 Å². The zero-order valence-electron chi connectivity index (χ0n) is 11.6. The summed E-state index contributed by atoms with van der Waals surface area (Å²) in [6.07, 6.45) is 1.46. The number of benzene rings is 2. The molecule has 0 heterocycles. The lowest BCUT2D eigenvalue weighted by Gasteiger charge is -2.12. The minimum Gasteiger partial charge on any atom is -0.624 e. The predicted molar refractivity (Wildman–Crippen MR) is 78.5 cm³/mol. The molecule has 0 aliphatic rings. The lowest BCUT2D eigenvalue weighted by Crippen LogP contribution is -2.04. The first-order chi connectivity index (χ1) is 9.70. The van der Waals surface area contributed by atoms with Gasteiger partial charge in [0.2, 0.25) is 0 Å². The maximum atomic E-state index is 11.2. The second-order valence-electron chi connectivity index (χ2n) is 4.33. The number of hydrogen-bond acceptors (Lipinski definition) is 3. The van der Waals surface area contributed by atoms with Crippen LogP contribution >= 0.6 is 0 Å². The molecule has 0 aromatic heterocycles. The first-order valence-corrected chi connectivity index (χ1v) is 6.29. The summed E-state index contributed by atoms with van der Waals surface area (Å²) in [6, 6.07) is 15.3. The summed E-state index contributed by atoms with van der Waals surface area (Å²) < 4.78 is 11.9. The Balaban J connectivity index is 2.27. The lowest BCUT2D eigenvalue weighted by molar-refractivity contribution is -0.416. The number of hydroxylamine groups is 1.